The Kier molecular flexibility index (Phi) is 5.85. The van der Waals surface area contributed by atoms with Crippen molar-refractivity contribution >= 4 is 15.9 Å². The normalized spacial score (nSPS) is 11.1. The average molecular weight is 302 g/mol. The summed E-state index contributed by atoms with van der Waals surface area (Å²) in [6.07, 6.45) is 2.50. The van der Waals surface area contributed by atoms with E-state index < -0.39 is 0 Å². The van der Waals surface area contributed by atoms with Gasteiger partial charge in [-0.05, 0) is 48.3 Å². The number of hydrogen-bond donors (Lipinski definition) is 1. The van der Waals surface area contributed by atoms with Gasteiger partial charge < -0.3 is 5.32 Å². The van der Waals surface area contributed by atoms with Gasteiger partial charge in [0.05, 0.1) is 0 Å². The smallest absolute Gasteiger partial charge is 0.267 e. The molecule has 1 aromatic heterocycles. The maximum Gasteiger partial charge on any atom is 0.267 e. The van der Waals surface area contributed by atoms with Crippen molar-refractivity contribution in [1.82, 2.24) is 14.9 Å². The summed E-state index contributed by atoms with van der Waals surface area (Å²) < 4.78 is 2.24. The van der Waals surface area contributed by atoms with Crippen LogP contribution in [0.4, 0.5) is 0 Å². The summed E-state index contributed by atoms with van der Waals surface area (Å²) in [5, 5.41) is 3.36. The molecule has 0 spiro atoms. The van der Waals surface area contributed by atoms with Crippen molar-refractivity contribution in [3.63, 3.8) is 0 Å². The van der Waals surface area contributed by atoms with Crippen LogP contribution >= 0.6 is 15.9 Å². The predicted molar refractivity (Wildman–Crippen MR) is 73.3 cm³/mol. The van der Waals surface area contributed by atoms with Crippen molar-refractivity contribution in [1.29, 1.82) is 0 Å². The lowest BCUT2D eigenvalue weighted by Crippen LogP contribution is -2.27. The molecular weight excluding hydrogens is 282 g/mol. The Morgan fingerprint density at radius 3 is 2.88 bits per heavy atom. The minimum absolute atomic E-state index is 0.00126. The van der Waals surface area contributed by atoms with Gasteiger partial charge in [-0.2, -0.15) is 0 Å². The molecule has 1 N–H and O–H groups in total. The van der Waals surface area contributed by atoms with E-state index in [0.29, 0.717) is 16.9 Å². The SMILES string of the molecule is Cc1ncc(Br)c(=O)n1CCCNCC(C)C. The van der Waals surface area contributed by atoms with E-state index in [2.05, 4.69) is 40.1 Å². The van der Waals surface area contributed by atoms with Gasteiger partial charge in [-0.15, -0.1) is 0 Å². The van der Waals surface area contributed by atoms with Crippen LogP contribution in [-0.2, 0) is 6.54 Å². The van der Waals surface area contributed by atoms with Crippen LogP contribution < -0.4 is 10.9 Å². The predicted octanol–water partition coefficient (Wildman–Crippen LogP) is 1.95. The Morgan fingerprint density at radius 2 is 2.24 bits per heavy atom. The Labute approximate surface area is 111 Å². The molecule has 5 heteroatoms. The lowest BCUT2D eigenvalue weighted by Gasteiger charge is -2.10. The van der Waals surface area contributed by atoms with Gasteiger partial charge in [-0.25, -0.2) is 4.98 Å². The first kappa shape index (κ1) is 14.4. The molecule has 0 aliphatic rings. The molecule has 4 nitrogen and oxygen atoms in total. The fourth-order valence-corrected chi connectivity index (χ4v) is 1.88. The van der Waals surface area contributed by atoms with E-state index in [4.69, 9.17) is 0 Å². The average Bonchev–Trinajstić information content (AvgIpc) is 2.27. The lowest BCUT2D eigenvalue weighted by atomic mass is 10.2. The van der Waals surface area contributed by atoms with Gasteiger partial charge in [-0.1, -0.05) is 13.8 Å². The van der Waals surface area contributed by atoms with E-state index in [1.165, 1.54) is 0 Å². The fourth-order valence-electron chi connectivity index (χ4n) is 1.57. The third-order valence-electron chi connectivity index (χ3n) is 2.49. The first-order valence-corrected chi connectivity index (χ1v) is 6.74. The minimum Gasteiger partial charge on any atom is -0.316 e. The molecule has 96 valence electrons. The van der Waals surface area contributed by atoms with Crippen LogP contribution in [0.2, 0.25) is 0 Å². The number of aromatic nitrogens is 2. The van der Waals surface area contributed by atoms with Gasteiger partial charge in [0, 0.05) is 12.7 Å². The molecule has 0 unspecified atom stereocenters. The minimum atomic E-state index is 0.00126. The molecule has 0 radical (unpaired) electrons. The van der Waals surface area contributed by atoms with E-state index in [9.17, 15) is 4.79 Å². The van der Waals surface area contributed by atoms with Gasteiger partial charge >= 0.3 is 0 Å². The molecule has 0 amide bonds. The zero-order valence-corrected chi connectivity index (χ0v) is 12.2. The summed E-state index contributed by atoms with van der Waals surface area (Å²) in [4.78, 5) is 16.0. The highest BCUT2D eigenvalue weighted by Crippen LogP contribution is 2.01. The summed E-state index contributed by atoms with van der Waals surface area (Å²) in [7, 11) is 0. The summed E-state index contributed by atoms with van der Waals surface area (Å²) >= 11 is 3.21. The molecule has 1 aromatic rings. The van der Waals surface area contributed by atoms with Gasteiger partial charge in [-0.3, -0.25) is 9.36 Å². The second-order valence-corrected chi connectivity index (χ2v) is 5.42. The van der Waals surface area contributed by atoms with Crippen LogP contribution in [-0.4, -0.2) is 22.6 Å². The topological polar surface area (TPSA) is 46.9 Å². The molecule has 0 bridgehead atoms. The highest BCUT2D eigenvalue weighted by molar-refractivity contribution is 9.10. The van der Waals surface area contributed by atoms with E-state index in [1.807, 2.05) is 6.92 Å². The molecule has 0 atom stereocenters. The number of aryl methyl sites for hydroxylation is 1. The van der Waals surface area contributed by atoms with Crippen molar-refractivity contribution in [2.75, 3.05) is 13.1 Å². The number of hydrogen-bond acceptors (Lipinski definition) is 3. The number of nitrogens with one attached hydrogen (secondary N) is 1. The first-order valence-electron chi connectivity index (χ1n) is 5.95. The van der Waals surface area contributed by atoms with Gasteiger partial charge in [0.1, 0.15) is 10.3 Å². The summed E-state index contributed by atoms with van der Waals surface area (Å²) in [6.45, 7) is 8.87. The van der Waals surface area contributed by atoms with Crippen LogP contribution in [0, 0.1) is 12.8 Å². The van der Waals surface area contributed by atoms with E-state index in [0.717, 1.165) is 25.3 Å². The summed E-state index contributed by atoms with van der Waals surface area (Å²) in [6, 6.07) is 0. The van der Waals surface area contributed by atoms with E-state index in [1.54, 1.807) is 10.8 Å². The van der Waals surface area contributed by atoms with Crippen molar-refractivity contribution in [3.05, 3.63) is 26.8 Å². The van der Waals surface area contributed by atoms with Crippen LogP contribution in [0.15, 0.2) is 15.5 Å². The highest BCUT2D eigenvalue weighted by Gasteiger charge is 2.04. The molecular formula is C12H20BrN3O. The fraction of sp³-hybridized carbons (Fsp3) is 0.667. The maximum atomic E-state index is 11.8. The van der Waals surface area contributed by atoms with Crippen molar-refractivity contribution < 1.29 is 0 Å². The molecule has 1 rings (SSSR count). The molecule has 0 saturated carbocycles. The first-order chi connectivity index (χ1) is 8.02. The monoisotopic (exact) mass is 301 g/mol. The second kappa shape index (κ2) is 6.91. The Balaban J connectivity index is 2.47. The molecule has 0 aromatic carbocycles. The molecule has 0 fully saturated rings. The summed E-state index contributed by atoms with van der Waals surface area (Å²) in [5.74, 6) is 1.43. The Hall–Kier alpha value is -0.680. The van der Waals surface area contributed by atoms with E-state index in [-0.39, 0.29) is 5.56 Å². The lowest BCUT2D eigenvalue weighted by molar-refractivity contribution is 0.510. The third kappa shape index (κ3) is 4.60. The third-order valence-corrected chi connectivity index (χ3v) is 3.04. The molecule has 17 heavy (non-hydrogen) atoms. The largest absolute Gasteiger partial charge is 0.316 e. The van der Waals surface area contributed by atoms with Gasteiger partial charge in [0.2, 0.25) is 0 Å². The van der Waals surface area contributed by atoms with Crippen LogP contribution in [0.5, 0.6) is 0 Å². The number of rotatable bonds is 6. The summed E-state index contributed by atoms with van der Waals surface area (Å²) in [5.41, 5.74) is 0.00126. The maximum absolute atomic E-state index is 11.8. The second-order valence-electron chi connectivity index (χ2n) is 4.56. The van der Waals surface area contributed by atoms with Crippen molar-refractivity contribution in [2.45, 2.75) is 33.7 Å². The highest BCUT2D eigenvalue weighted by atomic mass is 79.9. The van der Waals surface area contributed by atoms with Crippen LogP contribution in [0.3, 0.4) is 0 Å². The number of nitrogens with zero attached hydrogens (tertiary/aromatic N) is 2. The van der Waals surface area contributed by atoms with Crippen molar-refractivity contribution in [3.8, 4) is 0 Å². The van der Waals surface area contributed by atoms with Crippen molar-refractivity contribution in [2.24, 2.45) is 5.92 Å². The zero-order valence-electron chi connectivity index (χ0n) is 10.7. The zero-order chi connectivity index (χ0) is 12.8. The molecule has 1 heterocycles. The van der Waals surface area contributed by atoms with Gasteiger partial charge in [0.25, 0.3) is 5.56 Å². The Morgan fingerprint density at radius 1 is 1.53 bits per heavy atom. The molecule has 0 aliphatic heterocycles. The molecule has 0 saturated heterocycles. The number of halogens is 1. The van der Waals surface area contributed by atoms with Crippen LogP contribution in [0.25, 0.3) is 0 Å². The standard InChI is InChI=1S/C12H20BrN3O/c1-9(2)7-14-5-4-6-16-10(3)15-8-11(13)12(16)17/h8-9,14H,4-7H2,1-3H3. The Bertz CT molecular complexity index is 415. The van der Waals surface area contributed by atoms with Gasteiger partial charge in [0.15, 0.2) is 0 Å². The quantitative estimate of drug-likeness (QED) is 0.817. The molecule has 0 aliphatic carbocycles. The van der Waals surface area contributed by atoms with E-state index >= 15 is 0 Å². The van der Waals surface area contributed by atoms with Crippen LogP contribution in [0.1, 0.15) is 26.1 Å².